The molecule has 10 rings (SSSR count). The maximum atomic E-state index is 6.84. The van der Waals surface area contributed by atoms with Crippen molar-refractivity contribution in [3.63, 3.8) is 0 Å². The lowest BCUT2D eigenvalue weighted by atomic mass is 9.98. The van der Waals surface area contributed by atoms with Crippen molar-refractivity contribution < 1.29 is 4.42 Å². The molecule has 3 heterocycles. The zero-order chi connectivity index (χ0) is 30.2. The van der Waals surface area contributed by atoms with E-state index in [9.17, 15) is 0 Å². The van der Waals surface area contributed by atoms with Gasteiger partial charge in [0.25, 0.3) is 0 Å². The van der Waals surface area contributed by atoms with Gasteiger partial charge in [0.1, 0.15) is 11.4 Å². The van der Waals surface area contributed by atoms with E-state index in [-0.39, 0.29) is 0 Å². The minimum absolute atomic E-state index is 0.675. The summed E-state index contributed by atoms with van der Waals surface area (Å²) in [4.78, 5) is 10.4. The molecule has 0 aliphatic heterocycles. The maximum Gasteiger partial charge on any atom is 0.162 e. The second kappa shape index (κ2) is 9.62. The van der Waals surface area contributed by atoms with Gasteiger partial charge in [-0.05, 0) is 22.2 Å². The molecule has 0 amide bonds. The van der Waals surface area contributed by atoms with Crippen molar-refractivity contribution in [1.29, 1.82) is 0 Å². The number of furan rings is 1. The van der Waals surface area contributed by atoms with E-state index in [0.29, 0.717) is 5.82 Å². The van der Waals surface area contributed by atoms with Crippen LogP contribution in [0.1, 0.15) is 0 Å². The van der Waals surface area contributed by atoms with Crippen LogP contribution in [0.3, 0.4) is 0 Å². The Morgan fingerprint density at radius 3 is 1.87 bits per heavy atom. The van der Waals surface area contributed by atoms with Gasteiger partial charge in [0.15, 0.2) is 11.4 Å². The summed E-state index contributed by atoms with van der Waals surface area (Å²) < 4.78 is 9.17. The third-order valence-corrected chi connectivity index (χ3v) is 9.17. The third-order valence-electron chi connectivity index (χ3n) is 9.17. The van der Waals surface area contributed by atoms with Crippen molar-refractivity contribution in [2.24, 2.45) is 0 Å². The first kappa shape index (κ1) is 25.1. The predicted molar refractivity (Wildman–Crippen MR) is 190 cm³/mol. The Kier molecular flexibility index (Phi) is 5.25. The fourth-order valence-electron chi connectivity index (χ4n) is 7.19. The molecule has 0 unspecified atom stereocenters. The van der Waals surface area contributed by atoms with Crippen molar-refractivity contribution in [2.45, 2.75) is 0 Å². The number of aromatic nitrogens is 3. The monoisotopic (exact) mass is 587 g/mol. The maximum absolute atomic E-state index is 6.84. The summed E-state index contributed by atoms with van der Waals surface area (Å²) in [5.74, 6) is 1.47. The molecule has 46 heavy (non-hydrogen) atoms. The van der Waals surface area contributed by atoms with Gasteiger partial charge >= 0.3 is 0 Å². The number of fused-ring (bicyclic) bond motifs is 12. The highest BCUT2D eigenvalue weighted by Crippen LogP contribution is 2.47. The quantitative estimate of drug-likeness (QED) is 0.207. The molecule has 10 aromatic rings. The Labute approximate surface area is 263 Å². The summed E-state index contributed by atoms with van der Waals surface area (Å²) in [5.41, 5.74) is 6.70. The van der Waals surface area contributed by atoms with Crippen LogP contribution in [0.25, 0.3) is 93.8 Å². The van der Waals surface area contributed by atoms with Crippen LogP contribution in [-0.2, 0) is 0 Å². The summed E-state index contributed by atoms with van der Waals surface area (Å²) in [5, 5.41) is 9.24. The average molecular weight is 588 g/mol. The Hall–Kier alpha value is -6.26. The molecule has 0 atom stereocenters. The summed E-state index contributed by atoms with van der Waals surface area (Å²) in [7, 11) is 0. The molecule has 0 bridgehead atoms. The standard InChI is InChI=1S/C42H25N3O/c1-3-14-27(15-4-1)34-25-36(44-42(43-34)28-16-5-2-6-17-28)45-39-29-18-8-7-13-26(29)23-24-33(39)37-30-19-9-10-20-31(30)38-32-21-11-12-22-35(32)46-41(38)40(37)45/h1-25H. The van der Waals surface area contributed by atoms with Crippen LogP contribution >= 0.6 is 0 Å². The Balaban J connectivity index is 1.47. The molecule has 0 saturated carbocycles. The van der Waals surface area contributed by atoms with Crippen molar-refractivity contribution >= 4 is 65.3 Å². The van der Waals surface area contributed by atoms with Gasteiger partial charge in [-0.15, -0.1) is 0 Å². The zero-order valence-corrected chi connectivity index (χ0v) is 24.7. The first-order valence-electron chi connectivity index (χ1n) is 15.5. The van der Waals surface area contributed by atoms with Crippen LogP contribution in [0, 0.1) is 0 Å². The highest BCUT2D eigenvalue weighted by molar-refractivity contribution is 6.36. The van der Waals surface area contributed by atoms with Gasteiger partial charge in [-0.25, -0.2) is 9.97 Å². The number of para-hydroxylation sites is 1. The minimum Gasteiger partial charge on any atom is -0.454 e. The van der Waals surface area contributed by atoms with Crippen LogP contribution < -0.4 is 0 Å². The Bertz CT molecular complexity index is 2740. The van der Waals surface area contributed by atoms with Gasteiger partial charge in [0.2, 0.25) is 0 Å². The fourth-order valence-corrected chi connectivity index (χ4v) is 7.19. The average Bonchev–Trinajstić information content (AvgIpc) is 3.70. The van der Waals surface area contributed by atoms with Crippen LogP contribution in [0.2, 0.25) is 0 Å². The van der Waals surface area contributed by atoms with Crippen molar-refractivity contribution in [3.05, 3.63) is 152 Å². The summed E-state index contributed by atoms with van der Waals surface area (Å²) in [6.45, 7) is 0. The topological polar surface area (TPSA) is 43.9 Å². The van der Waals surface area contributed by atoms with Gasteiger partial charge in [0, 0.05) is 44.1 Å². The van der Waals surface area contributed by atoms with E-state index in [0.717, 1.165) is 71.8 Å². The van der Waals surface area contributed by atoms with Gasteiger partial charge in [0.05, 0.1) is 16.7 Å². The van der Waals surface area contributed by atoms with Crippen LogP contribution in [0.4, 0.5) is 0 Å². The normalized spacial score (nSPS) is 11.9. The second-order valence-corrected chi connectivity index (χ2v) is 11.8. The molecule has 0 aliphatic carbocycles. The molecule has 0 N–H and O–H groups in total. The molecule has 4 nitrogen and oxygen atoms in total. The van der Waals surface area contributed by atoms with E-state index in [1.807, 2.05) is 30.3 Å². The summed E-state index contributed by atoms with van der Waals surface area (Å²) >= 11 is 0. The highest BCUT2D eigenvalue weighted by atomic mass is 16.3. The van der Waals surface area contributed by atoms with E-state index in [1.54, 1.807) is 0 Å². The lowest BCUT2D eigenvalue weighted by Gasteiger charge is -2.13. The number of benzene rings is 7. The molecular weight excluding hydrogens is 562 g/mol. The molecule has 0 spiro atoms. The van der Waals surface area contributed by atoms with Crippen LogP contribution in [0.5, 0.6) is 0 Å². The first-order valence-corrected chi connectivity index (χ1v) is 15.5. The van der Waals surface area contributed by atoms with E-state index in [1.165, 1.54) is 16.2 Å². The molecule has 0 radical (unpaired) electrons. The summed E-state index contributed by atoms with van der Waals surface area (Å²) in [6, 6.07) is 52.8. The Morgan fingerprint density at radius 1 is 0.457 bits per heavy atom. The summed E-state index contributed by atoms with van der Waals surface area (Å²) in [6.07, 6.45) is 0. The van der Waals surface area contributed by atoms with E-state index < -0.39 is 0 Å². The molecule has 0 fully saturated rings. The number of hydrogen-bond acceptors (Lipinski definition) is 3. The van der Waals surface area contributed by atoms with Gasteiger partial charge in [-0.1, -0.05) is 140 Å². The smallest absolute Gasteiger partial charge is 0.162 e. The predicted octanol–water partition coefficient (Wildman–Crippen LogP) is 11.1. The molecule has 3 aromatic heterocycles. The molecule has 214 valence electrons. The van der Waals surface area contributed by atoms with Gasteiger partial charge in [-0.3, -0.25) is 4.57 Å². The molecule has 0 saturated heterocycles. The largest absolute Gasteiger partial charge is 0.454 e. The lowest BCUT2D eigenvalue weighted by Crippen LogP contribution is -2.03. The van der Waals surface area contributed by atoms with Gasteiger partial charge in [-0.2, -0.15) is 0 Å². The minimum atomic E-state index is 0.675. The first-order chi connectivity index (χ1) is 22.8. The number of hydrogen-bond donors (Lipinski definition) is 0. The van der Waals surface area contributed by atoms with E-state index >= 15 is 0 Å². The van der Waals surface area contributed by atoms with Crippen LogP contribution in [-0.4, -0.2) is 14.5 Å². The third kappa shape index (κ3) is 3.55. The molecular formula is C42H25N3O. The molecule has 7 aromatic carbocycles. The van der Waals surface area contributed by atoms with Crippen molar-refractivity contribution in [1.82, 2.24) is 14.5 Å². The van der Waals surface area contributed by atoms with E-state index in [4.69, 9.17) is 14.4 Å². The van der Waals surface area contributed by atoms with Crippen LogP contribution in [0.15, 0.2) is 156 Å². The zero-order valence-electron chi connectivity index (χ0n) is 24.7. The highest BCUT2D eigenvalue weighted by Gasteiger charge is 2.25. The van der Waals surface area contributed by atoms with Crippen molar-refractivity contribution in [2.75, 3.05) is 0 Å². The molecule has 4 heteroatoms. The van der Waals surface area contributed by atoms with Gasteiger partial charge < -0.3 is 4.42 Å². The van der Waals surface area contributed by atoms with Crippen molar-refractivity contribution in [3.8, 4) is 28.5 Å². The van der Waals surface area contributed by atoms with E-state index in [2.05, 4.69) is 126 Å². The number of nitrogens with zero attached hydrogens (tertiary/aromatic N) is 3. The SMILES string of the molecule is c1ccc(-c2cc(-n3c4c5ccccc5ccc4c4c5ccccc5c5c6ccccc6oc5c43)nc(-c3ccccc3)n2)cc1. The number of rotatable bonds is 3. The Morgan fingerprint density at radius 2 is 1.09 bits per heavy atom. The second-order valence-electron chi connectivity index (χ2n) is 11.8. The molecule has 0 aliphatic rings. The fraction of sp³-hybridized carbons (Fsp3) is 0. The lowest BCUT2D eigenvalue weighted by molar-refractivity contribution is 0.671.